The maximum atomic E-state index is 13.0. The molecule has 2 aromatic rings. The van der Waals surface area contributed by atoms with E-state index < -0.39 is 15.8 Å². The predicted octanol–water partition coefficient (Wildman–Crippen LogP) is 2.88. The molecule has 0 bridgehead atoms. The Hall–Kier alpha value is -1.44. The standard InChI is InChI=1S/C13H11BrFNO3S/c14-11-7-10(15)5-6-12(11)16-20(18,19)13-4-2-1-3-9(13)8-17/h1-7,16-17H,8H2. The van der Waals surface area contributed by atoms with Gasteiger partial charge >= 0.3 is 0 Å². The fraction of sp³-hybridized carbons (Fsp3) is 0.0769. The smallest absolute Gasteiger partial charge is 0.262 e. The minimum absolute atomic E-state index is 0.0151. The summed E-state index contributed by atoms with van der Waals surface area (Å²) in [6, 6.07) is 9.75. The largest absolute Gasteiger partial charge is 0.392 e. The van der Waals surface area contributed by atoms with Gasteiger partial charge in [0.2, 0.25) is 0 Å². The number of sulfonamides is 1. The average molecular weight is 360 g/mol. The van der Waals surface area contributed by atoms with E-state index >= 15 is 0 Å². The molecule has 0 aliphatic heterocycles. The third-order valence-electron chi connectivity index (χ3n) is 2.61. The van der Waals surface area contributed by atoms with E-state index in [9.17, 15) is 17.9 Å². The first kappa shape index (κ1) is 15.0. The second-order valence-corrected chi connectivity index (χ2v) is 6.50. The molecule has 2 N–H and O–H groups in total. The third-order valence-corrected chi connectivity index (χ3v) is 4.73. The molecule has 0 fully saturated rings. The zero-order valence-electron chi connectivity index (χ0n) is 10.2. The second-order valence-electron chi connectivity index (χ2n) is 4.00. The van der Waals surface area contributed by atoms with Gasteiger partial charge in [0.15, 0.2) is 0 Å². The van der Waals surface area contributed by atoms with Crippen LogP contribution in [0, 0.1) is 5.82 Å². The molecule has 0 radical (unpaired) electrons. The van der Waals surface area contributed by atoms with Crippen LogP contribution in [0.1, 0.15) is 5.56 Å². The summed E-state index contributed by atoms with van der Waals surface area (Å²) < 4.78 is 40.2. The van der Waals surface area contributed by atoms with Gasteiger partial charge in [-0.3, -0.25) is 4.72 Å². The van der Waals surface area contributed by atoms with E-state index in [4.69, 9.17) is 0 Å². The molecule has 20 heavy (non-hydrogen) atoms. The van der Waals surface area contributed by atoms with Crippen LogP contribution in [0.5, 0.6) is 0 Å². The summed E-state index contributed by atoms with van der Waals surface area (Å²) in [5, 5.41) is 9.19. The highest BCUT2D eigenvalue weighted by atomic mass is 79.9. The zero-order valence-corrected chi connectivity index (χ0v) is 12.6. The van der Waals surface area contributed by atoms with Crippen molar-refractivity contribution in [2.75, 3.05) is 4.72 Å². The Labute approximate surface area is 124 Å². The molecular formula is C13H11BrFNO3S. The molecule has 0 aromatic heterocycles. The van der Waals surface area contributed by atoms with Crippen LogP contribution >= 0.6 is 15.9 Å². The lowest BCUT2D eigenvalue weighted by molar-refractivity contribution is 0.278. The number of hydrogen-bond donors (Lipinski definition) is 2. The average Bonchev–Trinajstić information content (AvgIpc) is 2.42. The van der Waals surface area contributed by atoms with Crippen LogP contribution < -0.4 is 4.72 Å². The van der Waals surface area contributed by atoms with Crippen molar-refractivity contribution in [2.45, 2.75) is 11.5 Å². The molecule has 2 aromatic carbocycles. The molecule has 2 rings (SSSR count). The molecule has 0 aliphatic rings. The quantitative estimate of drug-likeness (QED) is 0.881. The minimum atomic E-state index is -3.85. The van der Waals surface area contributed by atoms with Crippen LogP contribution in [0.2, 0.25) is 0 Å². The van der Waals surface area contributed by atoms with Crippen molar-refractivity contribution in [3.63, 3.8) is 0 Å². The minimum Gasteiger partial charge on any atom is -0.392 e. The van der Waals surface area contributed by atoms with Gasteiger partial charge in [-0.1, -0.05) is 18.2 Å². The molecule has 0 spiro atoms. The molecule has 106 valence electrons. The number of halogens is 2. The lowest BCUT2D eigenvalue weighted by Crippen LogP contribution is -2.15. The Kier molecular flexibility index (Phi) is 4.42. The Bertz CT molecular complexity index is 734. The van der Waals surface area contributed by atoms with Crippen molar-refractivity contribution >= 4 is 31.6 Å². The fourth-order valence-electron chi connectivity index (χ4n) is 1.67. The number of nitrogens with one attached hydrogen (secondary N) is 1. The summed E-state index contributed by atoms with van der Waals surface area (Å²) in [5.41, 5.74) is 0.511. The van der Waals surface area contributed by atoms with Crippen molar-refractivity contribution in [3.05, 3.63) is 58.3 Å². The lowest BCUT2D eigenvalue weighted by Gasteiger charge is -2.12. The van der Waals surface area contributed by atoms with Gasteiger partial charge < -0.3 is 5.11 Å². The van der Waals surface area contributed by atoms with Gasteiger partial charge in [-0.05, 0) is 45.8 Å². The molecule has 0 unspecified atom stereocenters. The highest BCUT2D eigenvalue weighted by Crippen LogP contribution is 2.26. The summed E-state index contributed by atoms with van der Waals surface area (Å²) >= 11 is 3.09. The van der Waals surface area contributed by atoms with Crippen LogP contribution in [0.25, 0.3) is 0 Å². The highest BCUT2D eigenvalue weighted by molar-refractivity contribution is 9.10. The molecular weight excluding hydrogens is 349 g/mol. The van der Waals surface area contributed by atoms with Crippen LogP contribution in [-0.4, -0.2) is 13.5 Å². The van der Waals surface area contributed by atoms with Crippen LogP contribution in [0.3, 0.4) is 0 Å². The van der Waals surface area contributed by atoms with Crippen molar-refractivity contribution < 1.29 is 17.9 Å². The molecule has 0 saturated carbocycles. The topological polar surface area (TPSA) is 66.4 Å². The number of anilines is 1. The second kappa shape index (κ2) is 5.90. The van der Waals surface area contributed by atoms with Crippen molar-refractivity contribution in [1.82, 2.24) is 0 Å². The van der Waals surface area contributed by atoms with E-state index in [2.05, 4.69) is 20.7 Å². The molecule has 0 aliphatic carbocycles. The van der Waals surface area contributed by atoms with Gasteiger partial charge in [-0.15, -0.1) is 0 Å². The number of aliphatic hydroxyl groups excluding tert-OH is 1. The van der Waals surface area contributed by atoms with Gasteiger partial charge in [-0.2, -0.15) is 0 Å². The van der Waals surface area contributed by atoms with E-state index in [-0.39, 0.29) is 17.2 Å². The van der Waals surface area contributed by atoms with Crippen molar-refractivity contribution in [2.24, 2.45) is 0 Å². The Morgan fingerprint density at radius 2 is 1.90 bits per heavy atom. The SMILES string of the molecule is O=S(=O)(Nc1ccc(F)cc1Br)c1ccccc1CO. The van der Waals surface area contributed by atoms with Gasteiger partial charge in [0.25, 0.3) is 10.0 Å². The van der Waals surface area contributed by atoms with Crippen molar-refractivity contribution in [3.8, 4) is 0 Å². The normalized spacial score (nSPS) is 11.3. The van der Waals surface area contributed by atoms with Crippen LogP contribution in [0.4, 0.5) is 10.1 Å². The summed E-state index contributed by atoms with van der Waals surface area (Å²) in [6.45, 7) is -0.387. The van der Waals surface area contributed by atoms with E-state index in [0.717, 1.165) is 12.1 Å². The molecule has 7 heteroatoms. The number of benzene rings is 2. The van der Waals surface area contributed by atoms with Gasteiger partial charge in [0.1, 0.15) is 5.82 Å². The molecule has 0 saturated heterocycles. The summed E-state index contributed by atoms with van der Waals surface area (Å²) in [6.07, 6.45) is 0. The lowest BCUT2D eigenvalue weighted by atomic mass is 10.2. The van der Waals surface area contributed by atoms with Gasteiger partial charge in [-0.25, -0.2) is 12.8 Å². The Morgan fingerprint density at radius 1 is 1.20 bits per heavy atom. The first-order valence-electron chi connectivity index (χ1n) is 5.60. The number of hydrogen-bond acceptors (Lipinski definition) is 3. The molecule has 0 heterocycles. The van der Waals surface area contributed by atoms with E-state index in [1.54, 1.807) is 12.1 Å². The predicted molar refractivity (Wildman–Crippen MR) is 77.3 cm³/mol. The molecule has 0 atom stereocenters. The van der Waals surface area contributed by atoms with Gasteiger partial charge in [0.05, 0.1) is 17.2 Å². The monoisotopic (exact) mass is 359 g/mol. The summed E-state index contributed by atoms with van der Waals surface area (Å²) in [4.78, 5) is -0.0151. The number of rotatable bonds is 4. The third kappa shape index (κ3) is 3.17. The highest BCUT2D eigenvalue weighted by Gasteiger charge is 2.19. The van der Waals surface area contributed by atoms with E-state index in [1.165, 1.54) is 18.2 Å². The Balaban J connectivity index is 2.41. The van der Waals surface area contributed by atoms with E-state index in [0.29, 0.717) is 10.0 Å². The number of aliphatic hydroxyl groups is 1. The summed E-state index contributed by atoms with van der Waals surface area (Å²) in [5.74, 6) is -0.476. The van der Waals surface area contributed by atoms with Gasteiger partial charge in [0, 0.05) is 4.47 Å². The fourth-order valence-corrected chi connectivity index (χ4v) is 3.56. The molecule has 0 amide bonds. The zero-order chi connectivity index (χ0) is 14.8. The first-order valence-corrected chi connectivity index (χ1v) is 7.88. The van der Waals surface area contributed by atoms with Crippen LogP contribution in [-0.2, 0) is 16.6 Å². The Morgan fingerprint density at radius 3 is 2.55 bits per heavy atom. The first-order chi connectivity index (χ1) is 9.44. The maximum Gasteiger partial charge on any atom is 0.262 e. The maximum absolute atomic E-state index is 13.0. The molecule has 4 nitrogen and oxygen atoms in total. The summed E-state index contributed by atoms with van der Waals surface area (Å²) in [7, 11) is -3.85. The van der Waals surface area contributed by atoms with Crippen LogP contribution in [0.15, 0.2) is 51.8 Å². The van der Waals surface area contributed by atoms with E-state index in [1.807, 2.05) is 0 Å². The van der Waals surface area contributed by atoms with Crippen molar-refractivity contribution in [1.29, 1.82) is 0 Å².